The number of rotatable bonds is 2. The first-order chi connectivity index (χ1) is 7.27. The van der Waals surface area contributed by atoms with E-state index in [1.807, 2.05) is 0 Å². The molecule has 2 nitrogen and oxygen atoms in total. The van der Waals surface area contributed by atoms with Crippen LogP contribution in [-0.4, -0.2) is 37.2 Å². The van der Waals surface area contributed by atoms with Gasteiger partial charge in [-0.05, 0) is 24.7 Å². The normalized spacial score (nSPS) is 34.6. The van der Waals surface area contributed by atoms with E-state index in [-0.39, 0.29) is 0 Å². The first-order valence-electron chi connectivity index (χ1n) is 6.59. The lowest BCUT2D eigenvalue weighted by Crippen LogP contribution is -2.45. The highest BCUT2D eigenvalue weighted by Crippen LogP contribution is 2.32. The van der Waals surface area contributed by atoms with Crippen molar-refractivity contribution in [2.24, 2.45) is 11.8 Å². The monoisotopic (exact) mass is 211 g/mol. The maximum atomic E-state index is 5.42. The van der Waals surface area contributed by atoms with Crippen LogP contribution in [0.15, 0.2) is 0 Å². The second-order valence-electron chi connectivity index (χ2n) is 5.47. The van der Waals surface area contributed by atoms with Gasteiger partial charge in [0.05, 0.1) is 13.2 Å². The first kappa shape index (κ1) is 11.4. The molecule has 0 N–H and O–H groups in total. The number of hydrogen-bond acceptors (Lipinski definition) is 2. The van der Waals surface area contributed by atoms with Crippen molar-refractivity contribution in [2.45, 2.75) is 45.6 Å². The second kappa shape index (κ2) is 5.31. The smallest absolute Gasteiger partial charge is 0.0594 e. The molecule has 88 valence electrons. The van der Waals surface area contributed by atoms with Crippen molar-refractivity contribution >= 4 is 0 Å². The summed E-state index contributed by atoms with van der Waals surface area (Å²) in [7, 11) is 0. The average Bonchev–Trinajstić information content (AvgIpc) is 2.30. The molecule has 2 atom stereocenters. The average molecular weight is 211 g/mol. The molecular weight excluding hydrogens is 186 g/mol. The van der Waals surface area contributed by atoms with E-state index in [9.17, 15) is 0 Å². The molecule has 1 saturated heterocycles. The van der Waals surface area contributed by atoms with Gasteiger partial charge in [0.2, 0.25) is 0 Å². The van der Waals surface area contributed by atoms with Crippen LogP contribution in [0.4, 0.5) is 0 Å². The molecule has 0 spiro atoms. The molecule has 2 fully saturated rings. The Morgan fingerprint density at radius 3 is 2.53 bits per heavy atom. The SMILES string of the molecule is CC(C)[C@H]1CCC[C@@H](N2CCOCC2)C1. The van der Waals surface area contributed by atoms with E-state index < -0.39 is 0 Å². The van der Waals surface area contributed by atoms with Crippen LogP contribution in [0.3, 0.4) is 0 Å². The van der Waals surface area contributed by atoms with Crippen LogP contribution in [-0.2, 0) is 4.74 Å². The van der Waals surface area contributed by atoms with Gasteiger partial charge >= 0.3 is 0 Å². The van der Waals surface area contributed by atoms with E-state index in [1.54, 1.807) is 0 Å². The number of ether oxygens (including phenoxy) is 1. The summed E-state index contributed by atoms with van der Waals surface area (Å²) in [5, 5.41) is 0. The third kappa shape index (κ3) is 2.94. The summed E-state index contributed by atoms with van der Waals surface area (Å²) >= 11 is 0. The van der Waals surface area contributed by atoms with Crippen LogP contribution in [0, 0.1) is 11.8 Å². The van der Waals surface area contributed by atoms with Gasteiger partial charge < -0.3 is 4.74 Å². The Kier molecular flexibility index (Phi) is 4.04. The molecule has 2 heteroatoms. The van der Waals surface area contributed by atoms with E-state index in [0.717, 1.165) is 44.2 Å². The van der Waals surface area contributed by atoms with Crippen LogP contribution in [0.2, 0.25) is 0 Å². The Hall–Kier alpha value is -0.0800. The van der Waals surface area contributed by atoms with Gasteiger partial charge in [-0.25, -0.2) is 0 Å². The minimum absolute atomic E-state index is 0.857. The number of hydrogen-bond donors (Lipinski definition) is 0. The van der Waals surface area contributed by atoms with E-state index in [4.69, 9.17) is 4.74 Å². The maximum Gasteiger partial charge on any atom is 0.0594 e. The molecule has 0 amide bonds. The zero-order valence-corrected chi connectivity index (χ0v) is 10.2. The highest BCUT2D eigenvalue weighted by Gasteiger charge is 2.28. The van der Waals surface area contributed by atoms with Crippen LogP contribution >= 0.6 is 0 Å². The Morgan fingerprint density at radius 1 is 1.13 bits per heavy atom. The molecular formula is C13H25NO. The Labute approximate surface area is 94.0 Å². The Bertz CT molecular complexity index is 187. The van der Waals surface area contributed by atoms with Gasteiger partial charge in [0.1, 0.15) is 0 Å². The largest absolute Gasteiger partial charge is 0.379 e. The van der Waals surface area contributed by atoms with Gasteiger partial charge in [-0.3, -0.25) is 4.90 Å². The summed E-state index contributed by atoms with van der Waals surface area (Å²) in [6.07, 6.45) is 5.74. The summed E-state index contributed by atoms with van der Waals surface area (Å²) in [6, 6.07) is 0.857. The van der Waals surface area contributed by atoms with Crippen LogP contribution in [0.1, 0.15) is 39.5 Å². The lowest BCUT2D eigenvalue weighted by Gasteiger charge is -2.40. The molecule has 1 aliphatic heterocycles. The topological polar surface area (TPSA) is 12.5 Å². The molecule has 2 aliphatic rings. The van der Waals surface area contributed by atoms with Crippen molar-refractivity contribution in [1.29, 1.82) is 0 Å². The van der Waals surface area contributed by atoms with Gasteiger partial charge in [0, 0.05) is 19.1 Å². The van der Waals surface area contributed by atoms with E-state index in [2.05, 4.69) is 18.7 Å². The van der Waals surface area contributed by atoms with E-state index >= 15 is 0 Å². The quantitative estimate of drug-likeness (QED) is 0.696. The summed E-state index contributed by atoms with van der Waals surface area (Å²) < 4.78 is 5.42. The zero-order valence-electron chi connectivity index (χ0n) is 10.2. The van der Waals surface area contributed by atoms with Gasteiger partial charge in [-0.1, -0.05) is 26.7 Å². The molecule has 15 heavy (non-hydrogen) atoms. The van der Waals surface area contributed by atoms with Crippen LogP contribution in [0.5, 0.6) is 0 Å². The molecule has 0 unspecified atom stereocenters. The van der Waals surface area contributed by atoms with E-state index in [1.165, 1.54) is 25.7 Å². The third-order valence-electron chi connectivity index (χ3n) is 4.19. The molecule has 1 heterocycles. The summed E-state index contributed by atoms with van der Waals surface area (Å²) in [5.41, 5.74) is 0. The van der Waals surface area contributed by atoms with Gasteiger partial charge in [-0.15, -0.1) is 0 Å². The standard InChI is InChI=1S/C13H25NO/c1-11(2)12-4-3-5-13(10-12)14-6-8-15-9-7-14/h11-13H,3-10H2,1-2H3/t12-,13+/m0/s1. The molecule has 0 aromatic carbocycles. The first-order valence-corrected chi connectivity index (χ1v) is 6.59. The zero-order chi connectivity index (χ0) is 10.7. The van der Waals surface area contributed by atoms with Crippen molar-refractivity contribution in [2.75, 3.05) is 26.3 Å². The predicted octanol–water partition coefficient (Wildman–Crippen LogP) is 2.53. The Morgan fingerprint density at radius 2 is 1.87 bits per heavy atom. The summed E-state index contributed by atoms with van der Waals surface area (Å²) in [6.45, 7) is 8.98. The summed E-state index contributed by atoms with van der Waals surface area (Å²) in [4.78, 5) is 2.66. The minimum Gasteiger partial charge on any atom is -0.379 e. The minimum atomic E-state index is 0.857. The highest BCUT2D eigenvalue weighted by atomic mass is 16.5. The van der Waals surface area contributed by atoms with Gasteiger partial charge in [-0.2, -0.15) is 0 Å². The maximum absolute atomic E-state index is 5.42. The van der Waals surface area contributed by atoms with Crippen molar-refractivity contribution in [3.05, 3.63) is 0 Å². The predicted molar refractivity (Wildman–Crippen MR) is 63.0 cm³/mol. The molecule has 1 saturated carbocycles. The molecule has 0 aromatic rings. The molecule has 2 rings (SSSR count). The second-order valence-corrected chi connectivity index (χ2v) is 5.47. The molecule has 0 aromatic heterocycles. The number of nitrogens with zero attached hydrogens (tertiary/aromatic N) is 1. The van der Waals surface area contributed by atoms with Crippen molar-refractivity contribution < 1.29 is 4.74 Å². The lowest BCUT2D eigenvalue weighted by atomic mass is 9.79. The highest BCUT2D eigenvalue weighted by molar-refractivity contribution is 4.82. The van der Waals surface area contributed by atoms with Gasteiger partial charge in [0.25, 0.3) is 0 Å². The van der Waals surface area contributed by atoms with Gasteiger partial charge in [0.15, 0.2) is 0 Å². The van der Waals surface area contributed by atoms with E-state index in [0.29, 0.717) is 0 Å². The van der Waals surface area contributed by atoms with Crippen molar-refractivity contribution in [3.63, 3.8) is 0 Å². The lowest BCUT2D eigenvalue weighted by molar-refractivity contribution is 0.000112. The fraction of sp³-hybridized carbons (Fsp3) is 1.00. The van der Waals surface area contributed by atoms with Crippen LogP contribution in [0.25, 0.3) is 0 Å². The summed E-state index contributed by atoms with van der Waals surface area (Å²) in [5.74, 6) is 1.83. The van der Waals surface area contributed by atoms with Crippen molar-refractivity contribution in [3.8, 4) is 0 Å². The fourth-order valence-corrected chi connectivity index (χ4v) is 3.08. The van der Waals surface area contributed by atoms with Crippen molar-refractivity contribution in [1.82, 2.24) is 4.90 Å². The fourth-order valence-electron chi connectivity index (χ4n) is 3.08. The molecule has 1 aliphatic carbocycles. The molecule has 0 radical (unpaired) electrons. The Balaban J connectivity index is 1.85. The third-order valence-corrected chi connectivity index (χ3v) is 4.19. The number of morpholine rings is 1. The van der Waals surface area contributed by atoms with Crippen LogP contribution < -0.4 is 0 Å². The molecule has 0 bridgehead atoms.